The van der Waals surface area contributed by atoms with Crippen LogP contribution in [0, 0.1) is 24.5 Å². The Hall–Kier alpha value is -1.05. The monoisotopic (exact) mass is 477 g/mol. The fourth-order valence-electron chi connectivity index (χ4n) is 5.47. The summed E-state index contributed by atoms with van der Waals surface area (Å²) in [6, 6.07) is 19.1. The van der Waals surface area contributed by atoms with Crippen molar-refractivity contribution < 1.29 is 42.9 Å². The molecule has 0 heterocycles. The van der Waals surface area contributed by atoms with Crippen molar-refractivity contribution >= 4 is 0 Å². The van der Waals surface area contributed by atoms with Crippen LogP contribution < -0.4 is 0 Å². The number of hydrogen-bond donors (Lipinski definition) is 2. The van der Waals surface area contributed by atoms with Crippen LogP contribution >= 0.6 is 0 Å². The number of aliphatic hydroxyl groups excluding tert-OH is 2. The maximum absolute atomic E-state index is 10.8. The first kappa shape index (κ1) is 23.6. The Labute approximate surface area is 205 Å². The average Bonchev–Trinajstić information content (AvgIpc) is 3.40. The van der Waals surface area contributed by atoms with Crippen molar-refractivity contribution in [3.8, 4) is 0 Å². The Morgan fingerprint density at radius 1 is 1.07 bits per heavy atom. The molecule has 2 saturated carbocycles. The molecule has 3 nitrogen and oxygen atoms in total. The first-order chi connectivity index (χ1) is 14.2. The molecule has 3 unspecified atom stereocenters. The van der Waals surface area contributed by atoms with Gasteiger partial charge in [0.1, 0.15) is 0 Å². The average molecular weight is 477 g/mol. The molecule has 2 aliphatic carbocycles. The van der Waals surface area contributed by atoms with Crippen LogP contribution in [0.2, 0.25) is 0 Å². The van der Waals surface area contributed by atoms with E-state index in [0.717, 1.165) is 36.8 Å². The van der Waals surface area contributed by atoms with Gasteiger partial charge in [0, 0.05) is 51.0 Å². The number of nitrogens with zero attached hydrogens (tertiary/aromatic N) is 1. The minimum atomic E-state index is -0.478. The van der Waals surface area contributed by atoms with Gasteiger partial charge in [-0.25, -0.2) is 6.57 Å². The maximum Gasteiger partial charge on any atom is 0.229 e. The van der Waals surface area contributed by atoms with Gasteiger partial charge in [-0.05, 0) is 42.7 Å². The van der Waals surface area contributed by atoms with E-state index in [-0.39, 0.29) is 56.7 Å². The van der Waals surface area contributed by atoms with Crippen LogP contribution in [0.5, 0.6) is 0 Å². The second-order valence-electron chi connectivity index (χ2n) is 8.79. The van der Waals surface area contributed by atoms with Gasteiger partial charge >= 0.3 is 0 Å². The van der Waals surface area contributed by atoms with Gasteiger partial charge in [-0.2, -0.15) is 35.9 Å². The van der Waals surface area contributed by atoms with Gasteiger partial charge in [0.2, 0.25) is 6.04 Å². The predicted molar refractivity (Wildman–Crippen MR) is 114 cm³/mol. The molecular weight excluding hydrogens is 447 g/mol. The normalized spacial score (nSPS) is 27.4. The molecular formula is C26H30NO2Y-. The molecule has 5 atom stereocenters. The molecule has 2 N–H and O–H groups in total. The molecule has 0 spiro atoms. The Morgan fingerprint density at radius 2 is 1.73 bits per heavy atom. The quantitative estimate of drug-likeness (QED) is 0.570. The van der Waals surface area contributed by atoms with E-state index in [1.165, 1.54) is 18.4 Å². The fraction of sp³-hybridized carbons (Fsp3) is 0.500. The minimum Gasteiger partial charge on any atom is -0.392 e. The van der Waals surface area contributed by atoms with Gasteiger partial charge in [-0.3, -0.25) is 0 Å². The van der Waals surface area contributed by atoms with Crippen LogP contribution in [0.1, 0.15) is 67.2 Å². The summed E-state index contributed by atoms with van der Waals surface area (Å²) < 4.78 is 0. The fourth-order valence-corrected chi connectivity index (χ4v) is 5.47. The zero-order valence-electron chi connectivity index (χ0n) is 17.5. The third-order valence-electron chi connectivity index (χ3n) is 7.08. The smallest absolute Gasteiger partial charge is 0.229 e. The molecule has 2 aromatic rings. The van der Waals surface area contributed by atoms with Crippen LogP contribution in [-0.2, 0) is 39.1 Å². The first-order valence-electron chi connectivity index (χ1n) is 10.9. The first-order valence-corrected chi connectivity index (χ1v) is 10.9. The second kappa shape index (κ2) is 11.0. The molecule has 0 bridgehead atoms. The number of rotatable bonds is 6. The topological polar surface area (TPSA) is 44.8 Å². The van der Waals surface area contributed by atoms with Gasteiger partial charge < -0.3 is 15.1 Å². The molecule has 30 heavy (non-hydrogen) atoms. The SMILES string of the molecule is [C-]#[N+][C@@H]1C[C@@H](O)C(c2ccc(C(O)C3CCCC3)cc2)C1CCc1cc[c-]cc1.[Y]. The summed E-state index contributed by atoms with van der Waals surface area (Å²) in [4.78, 5) is 3.85. The van der Waals surface area contributed by atoms with E-state index in [9.17, 15) is 10.2 Å². The summed E-state index contributed by atoms with van der Waals surface area (Å²) in [5.41, 5.74) is 3.33. The van der Waals surface area contributed by atoms with Gasteiger partial charge in [0.05, 0.1) is 12.2 Å². The van der Waals surface area contributed by atoms with Crippen LogP contribution in [0.25, 0.3) is 4.85 Å². The molecule has 0 amide bonds. The number of aliphatic hydroxyl groups is 2. The van der Waals surface area contributed by atoms with E-state index in [2.05, 4.69) is 35.2 Å². The van der Waals surface area contributed by atoms with Crippen LogP contribution in [-0.4, -0.2) is 22.4 Å². The van der Waals surface area contributed by atoms with Crippen molar-refractivity contribution in [3.05, 3.63) is 82.7 Å². The number of aryl methyl sites for hydroxylation is 1. The molecule has 4 heteroatoms. The second-order valence-corrected chi connectivity index (χ2v) is 8.79. The summed E-state index contributed by atoms with van der Waals surface area (Å²) >= 11 is 0. The largest absolute Gasteiger partial charge is 0.392 e. The molecule has 155 valence electrons. The van der Waals surface area contributed by atoms with E-state index in [4.69, 9.17) is 6.57 Å². The van der Waals surface area contributed by atoms with Crippen LogP contribution in [0.4, 0.5) is 0 Å². The Kier molecular flexibility index (Phi) is 8.66. The van der Waals surface area contributed by atoms with E-state index >= 15 is 0 Å². The molecule has 4 rings (SSSR count). The number of benzene rings is 2. The summed E-state index contributed by atoms with van der Waals surface area (Å²) in [6.45, 7) is 7.62. The third-order valence-corrected chi connectivity index (χ3v) is 7.08. The molecule has 0 aliphatic heterocycles. The molecule has 0 saturated heterocycles. The van der Waals surface area contributed by atoms with Crippen molar-refractivity contribution in [2.45, 2.75) is 69.1 Å². The van der Waals surface area contributed by atoms with Crippen LogP contribution in [0.15, 0.2) is 48.5 Å². The molecule has 2 aliphatic rings. The van der Waals surface area contributed by atoms with Crippen molar-refractivity contribution in [1.82, 2.24) is 0 Å². The zero-order chi connectivity index (χ0) is 20.2. The van der Waals surface area contributed by atoms with E-state index in [1.54, 1.807) is 0 Å². The minimum absolute atomic E-state index is 0. The summed E-state index contributed by atoms with van der Waals surface area (Å²) in [6.07, 6.45) is 6.13. The molecule has 2 fully saturated rings. The van der Waals surface area contributed by atoms with Crippen molar-refractivity contribution in [2.24, 2.45) is 11.8 Å². The van der Waals surface area contributed by atoms with Crippen molar-refractivity contribution in [3.63, 3.8) is 0 Å². The van der Waals surface area contributed by atoms with Gasteiger partial charge in [-0.1, -0.05) is 37.1 Å². The molecule has 0 aromatic heterocycles. The van der Waals surface area contributed by atoms with Crippen LogP contribution in [0.3, 0.4) is 0 Å². The van der Waals surface area contributed by atoms with Gasteiger partial charge in [-0.15, -0.1) is 0 Å². The van der Waals surface area contributed by atoms with E-state index in [0.29, 0.717) is 12.3 Å². The summed E-state index contributed by atoms with van der Waals surface area (Å²) in [5.74, 6) is 0.514. The van der Waals surface area contributed by atoms with Crippen molar-refractivity contribution in [1.29, 1.82) is 0 Å². The predicted octanol–water partition coefficient (Wildman–Crippen LogP) is 5.09. The molecule has 2 aromatic carbocycles. The van der Waals surface area contributed by atoms with Gasteiger partial charge in [0.25, 0.3) is 0 Å². The maximum atomic E-state index is 10.8. The summed E-state index contributed by atoms with van der Waals surface area (Å²) in [5, 5.41) is 21.4. The Bertz CT molecular complexity index is 826. The third kappa shape index (κ3) is 5.22. The molecule has 1 radical (unpaired) electrons. The summed E-state index contributed by atoms with van der Waals surface area (Å²) in [7, 11) is 0. The van der Waals surface area contributed by atoms with Gasteiger partial charge in [0.15, 0.2) is 0 Å². The van der Waals surface area contributed by atoms with Crippen molar-refractivity contribution in [2.75, 3.05) is 0 Å². The Balaban J connectivity index is 0.00000256. The Morgan fingerprint density at radius 3 is 2.37 bits per heavy atom. The zero-order valence-corrected chi connectivity index (χ0v) is 20.3. The van der Waals surface area contributed by atoms with E-state index in [1.807, 2.05) is 24.3 Å². The number of hydrogen-bond acceptors (Lipinski definition) is 2. The van der Waals surface area contributed by atoms with E-state index < -0.39 is 6.10 Å². The standard InChI is InChI=1S/C26H30NO2.Y/c1-27-23-17-24(28)25(22(23)16-11-18-7-3-2-4-8-18)19-12-14-21(15-13-19)26(29)20-9-5-6-10-20;/h3-4,7-8,12-15,20,22-26,28-29H,5-6,9-11,16-17H2;/q-1;/t22?,23-,24-,25?,26?;/m1./s1.